The first-order chi connectivity index (χ1) is 11.6. The normalized spacial score (nSPS) is 10.2. The predicted octanol–water partition coefficient (Wildman–Crippen LogP) is 4.38. The molecule has 24 heavy (non-hydrogen) atoms. The molecule has 6 heteroatoms. The van der Waals surface area contributed by atoms with E-state index in [1.165, 1.54) is 23.5 Å². The number of hydrogen-bond donors (Lipinski definition) is 1. The number of hydrogen-bond acceptors (Lipinski definition) is 4. The second-order valence-corrected chi connectivity index (χ2v) is 6.08. The van der Waals surface area contributed by atoms with Gasteiger partial charge in [0.2, 0.25) is 0 Å². The van der Waals surface area contributed by atoms with Gasteiger partial charge in [-0.05, 0) is 55.5 Å². The van der Waals surface area contributed by atoms with Crippen molar-refractivity contribution in [1.82, 2.24) is 4.98 Å². The van der Waals surface area contributed by atoms with Crippen LogP contribution in [0.25, 0.3) is 10.6 Å². The molecular weight excluding hydrogens is 325 g/mol. The molecule has 1 N–H and O–H groups in total. The molecule has 1 amide bonds. The molecule has 3 rings (SSSR count). The molecular formula is C18H12FN3OS. The van der Waals surface area contributed by atoms with Crippen LogP contribution in [0.3, 0.4) is 0 Å². The van der Waals surface area contributed by atoms with Gasteiger partial charge in [0, 0.05) is 11.3 Å². The second kappa shape index (κ2) is 6.60. The number of anilines is 1. The van der Waals surface area contributed by atoms with E-state index < -0.39 is 0 Å². The molecule has 1 aromatic heterocycles. The molecule has 118 valence electrons. The number of rotatable bonds is 3. The molecule has 0 aliphatic carbocycles. The molecule has 0 radical (unpaired) electrons. The SMILES string of the molecule is Cc1nc(-c2ccc(F)cc2)sc1C(=O)Nc1ccc(C#N)cc1. The average molecular weight is 337 g/mol. The summed E-state index contributed by atoms with van der Waals surface area (Å²) in [6.45, 7) is 1.76. The summed E-state index contributed by atoms with van der Waals surface area (Å²) in [5.74, 6) is -0.575. The molecule has 0 atom stereocenters. The van der Waals surface area contributed by atoms with E-state index in [-0.39, 0.29) is 11.7 Å². The number of aryl methyl sites for hydroxylation is 1. The number of carbonyl (C=O) groups excluding carboxylic acids is 1. The van der Waals surface area contributed by atoms with Crippen molar-refractivity contribution in [1.29, 1.82) is 5.26 Å². The molecule has 3 aromatic rings. The van der Waals surface area contributed by atoms with Crippen molar-refractivity contribution >= 4 is 22.9 Å². The second-order valence-electron chi connectivity index (χ2n) is 5.08. The number of thiazole rings is 1. The van der Waals surface area contributed by atoms with E-state index >= 15 is 0 Å². The van der Waals surface area contributed by atoms with E-state index in [0.717, 1.165) is 5.56 Å². The molecule has 4 nitrogen and oxygen atoms in total. The van der Waals surface area contributed by atoms with Gasteiger partial charge in [-0.3, -0.25) is 4.79 Å². The highest BCUT2D eigenvalue weighted by Crippen LogP contribution is 2.28. The number of carbonyl (C=O) groups is 1. The molecule has 0 saturated carbocycles. The van der Waals surface area contributed by atoms with Gasteiger partial charge in [0.15, 0.2) is 0 Å². The van der Waals surface area contributed by atoms with Gasteiger partial charge in [-0.15, -0.1) is 11.3 Å². The van der Waals surface area contributed by atoms with Crippen molar-refractivity contribution in [2.75, 3.05) is 5.32 Å². The minimum atomic E-state index is -0.314. The first kappa shape index (κ1) is 15.8. The third-order valence-electron chi connectivity index (χ3n) is 3.37. The highest BCUT2D eigenvalue weighted by atomic mass is 32.1. The molecule has 0 aliphatic rings. The Labute approximate surface area is 142 Å². The van der Waals surface area contributed by atoms with Crippen LogP contribution in [-0.4, -0.2) is 10.9 Å². The Bertz CT molecular complexity index is 924. The van der Waals surface area contributed by atoms with Crippen LogP contribution in [0, 0.1) is 24.1 Å². The maximum Gasteiger partial charge on any atom is 0.267 e. The Morgan fingerprint density at radius 1 is 1.17 bits per heavy atom. The van der Waals surface area contributed by atoms with Gasteiger partial charge in [0.05, 0.1) is 17.3 Å². The predicted molar refractivity (Wildman–Crippen MR) is 91.4 cm³/mol. The minimum absolute atomic E-state index is 0.261. The highest BCUT2D eigenvalue weighted by molar-refractivity contribution is 7.17. The van der Waals surface area contributed by atoms with Gasteiger partial charge >= 0.3 is 0 Å². The summed E-state index contributed by atoms with van der Waals surface area (Å²) >= 11 is 1.26. The Hall–Kier alpha value is -3.04. The maximum absolute atomic E-state index is 13.0. The first-order valence-electron chi connectivity index (χ1n) is 7.11. The molecule has 1 heterocycles. The van der Waals surface area contributed by atoms with Gasteiger partial charge in [-0.1, -0.05) is 0 Å². The van der Waals surface area contributed by atoms with E-state index in [4.69, 9.17) is 5.26 Å². The fraction of sp³-hybridized carbons (Fsp3) is 0.0556. The van der Waals surface area contributed by atoms with Crippen LogP contribution in [0.4, 0.5) is 10.1 Å². The van der Waals surface area contributed by atoms with Crippen LogP contribution in [-0.2, 0) is 0 Å². The van der Waals surface area contributed by atoms with E-state index in [2.05, 4.69) is 10.3 Å². The van der Waals surface area contributed by atoms with E-state index in [9.17, 15) is 9.18 Å². The van der Waals surface area contributed by atoms with Crippen molar-refractivity contribution in [3.8, 4) is 16.6 Å². The summed E-state index contributed by atoms with van der Waals surface area (Å²) in [6, 6.07) is 14.6. The smallest absolute Gasteiger partial charge is 0.267 e. The van der Waals surface area contributed by atoms with Crippen molar-refractivity contribution in [3.63, 3.8) is 0 Å². The van der Waals surface area contributed by atoms with Crippen molar-refractivity contribution in [2.24, 2.45) is 0 Å². The fourth-order valence-electron chi connectivity index (χ4n) is 2.14. The number of halogens is 1. The summed E-state index contributed by atoms with van der Waals surface area (Å²) in [5, 5.41) is 12.2. The number of aromatic nitrogens is 1. The zero-order valence-electron chi connectivity index (χ0n) is 12.7. The minimum Gasteiger partial charge on any atom is -0.321 e. The Morgan fingerprint density at radius 3 is 2.46 bits per heavy atom. The summed E-state index contributed by atoms with van der Waals surface area (Å²) in [6.07, 6.45) is 0. The zero-order chi connectivity index (χ0) is 17.1. The van der Waals surface area contributed by atoms with Crippen LogP contribution in [0.1, 0.15) is 20.9 Å². The van der Waals surface area contributed by atoms with Crippen molar-refractivity contribution in [3.05, 3.63) is 70.5 Å². The van der Waals surface area contributed by atoms with Crippen LogP contribution >= 0.6 is 11.3 Å². The molecule has 0 saturated heterocycles. The third-order valence-corrected chi connectivity index (χ3v) is 4.57. The van der Waals surface area contributed by atoms with E-state index in [1.54, 1.807) is 43.3 Å². The quantitative estimate of drug-likeness (QED) is 0.771. The largest absolute Gasteiger partial charge is 0.321 e. The number of amides is 1. The van der Waals surface area contributed by atoms with Gasteiger partial charge < -0.3 is 5.32 Å². The standard InChI is InChI=1S/C18H12FN3OS/c1-11-16(17(23)22-15-8-2-12(10-20)3-9-15)24-18(21-11)13-4-6-14(19)7-5-13/h2-9H,1H3,(H,22,23). The maximum atomic E-state index is 13.0. The monoisotopic (exact) mass is 337 g/mol. The Kier molecular flexibility index (Phi) is 4.36. The van der Waals surface area contributed by atoms with Crippen molar-refractivity contribution in [2.45, 2.75) is 6.92 Å². The number of nitrogens with one attached hydrogen (secondary N) is 1. The molecule has 0 aliphatic heterocycles. The molecule has 0 bridgehead atoms. The average Bonchev–Trinajstić information content (AvgIpc) is 2.98. The summed E-state index contributed by atoms with van der Waals surface area (Å²) in [7, 11) is 0. The highest BCUT2D eigenvalue weighted by Gasteiger charge is 2.16. The Morgan fingerprint density at radius 2 is 1.83 bits per heavy atom. The molecule has 0 unspecified atom stereocenters. The summed E-state index contributed by atoms with van der Waals surface area (Å²) < 4.78 is 13.0. The third kappa shape index (κ3) is 3.31. The van der Waals surface area contributed by atoms with Crippen LogP contribution in [0.15, 0.2) is 48.5 Å². The van der Waals surface area contributed by atoms with Gasteiger partial charge in [0.25, 0.3) is 5.91 Å². The summed E-state index contributed by atoms with van der Waals surface area (Å²) in [4.78, 5) is 17.3. The fourth-order valence-corrected chi connectivity index (χ4v) is 3.11. The van der Waals surface area contributed by atoms with Crippen LogP contribution in [0.2, 0.25) is 0 Å². The van der Waals surface area contributed by atoms with E-state index in [1.807, 2.05) is 6.07 Å². The number of benzene rings is 2. The van der Waals surface area contributed by atoms with Crippen LogP contribution < -0.4 is 5.32 Å². The zero-order valence-corrected chi connectivity index (χ0v) is 13.5. The van der Waals surface area contributed by atoms with Gasteiger partial charge in [-0.2, -0.15) is 5.26 Å². The van der Waals surface area contributed by atoms with Crippen molar-refractivity contribution < 1.29 is 9.18 Å². The summed E-state index contributed by atoms with van der Waals surface area (Å²) in [5.41, 5.74) is 2.52. The molecule has 0 fully saturated rings. The van der Waals surface area contributed by atoms with Gasteiger partial charge in [0.1, 0.15) is 15.7 Å². The number of nitrogens with zero attached hydrogens (tertiary/aromatic N) is 2. The first-order valence-corrected chi connectivity index (χ1v) is 7.93. The van der Waals surface area contributed by atoms with Gasteiger partial charge in [-0.25, -0.2) is 9.37 Å². The lowest BCUT2D eigenvalue weighted by molar-refractivity contribution is 0.103. The Balaban J connectivity index is 1.82. The lowest BCUT2D eigenvalue weighted by Crippen LogP contribution is -2.11. The van der Waals surface area contributed by atoms with Crippen LogP contribution in [0.5, 0.6) is 0 Å². The topological polar surface area (TPSA) is 65.8 Å². The molecule has 0 spiro atoms. The lowest BCUT2D eigenvalue weighted by Gasteiger charge is -2.03. The number of nitriles is 1. The molecule has 2 aromatic carbocycles. The lowest BCUT2D eigenvalue weighted by atomic mass is 10.2. The van der Waals surface area contributed by atoms with E-state index in [0.29, 0.717) is 26.8 Å².